The smallest absolute Gasteiger partial charge is 0.387 e. The zero-order chi connectivity index (χ0) is 24.7. The fraction of sp³-hybridized carbons (Fsp3) is 0.364. The van der Waals surface area contributed by atoms with Crippen molar-refractivity contribution in [3.05, 3.63) is 48.0 Å². The number of esters is 1. The Kier molecular flexibility index (Phi) is 8.40. The standard InChI is InChI=1S/C22H24F2N2O7S/c1-2-31-19-12-15(8-9-18(19)33-22(23)24)21(28)32-14-20(27)25-16-6-5-7-17(13-16)34(29,30)26-10-3-4-11-26/h5-9,12-13,22H,2-4,10-11,14H2,1H3,(H,25,27). The molecular weight excluding hydrogens is 474 g/mol. The predicted octanol–water partition coefficient (Wildman–Crippen LogP) is 3.27. The van der Waals surface area contributed by atoms with Crippen molar-refractivity contribution in [2.75, 3.05) is 31.6 Å². The van der Waals surface area contributed by atoms with Gasteiger partial charge in [0.15, 0.2) is 18.1 Å². The van der Waals surface area contributed by atoms with Crippen LogP contribution in [0.25, 0.3) is 0 Å². The van der Waals surface area contributed by atoms with Crippen LogP contribution in [0.2, 0.25) is 0 Å². The largest absolute Gasteiger partial charge is 0.490 e. The van der Waals surface area contributed by atoms with Crippen LogP contribution in [0.15, 0.2) is 47.4 Å². The number of hydrogen-bond donors (Lipinski definition) is 1. The molecule has 1 N–H and O–H groups in total. The molecule has 34 heavy (non-hydrogen) atoms. The van der Waals surface area contributed by atoms with Gasteiger partial charge in [0, 0.05) is 18.8 Å². The summed E-state index contributed by atoms with van der Waals surface area (Å²) in [5, 5.41) is 2.49. The monoisotopic (exact) mass is 498 g/mol. The van der Waals surface area contributed by atoms with E-state index in [9.17, 15) is 26.8 Å². The fourth-order valence-electron chi connectivity index (χ4n) is 3.32. The second kappa shape index (κ2) is 11.3. The number of nitrogens with zero attached hydrogens (tertiary/aromatic N) is 1. The SMILES string of the molecule is CCOc1cc(C(=O)OCC(=O)Nc2cccc(S(=O)(=O)N3CCCC3)c2)ccc1OC(F)F. The molecule has 0 aromatic heterocycles. The molecule has 2 aromatic rings. The Morgan fingerprint density at radius 2 is 1.82 bits per heavy atom. The van der Waals surface area contributed by atoms with E-state index in [4.69, 9.17) is 9.47 Å². The van der Waals surface area contributed by atoms with Crippen LogP contribution in [-0.4, -0.2) is 57.5 Å². The molecule has 9 nitrogen and oxygen atoms in total. The summed E-state index contributed by atoms with van der Waals surface area (Å²) in [7, 11) is -3.65. The summed E-state index contributed by atoms with van der Waals surface area (Å²) in [5.74, 6) is -1.88. The third-order valence-electron chi connectivity index (χ3n) is 4.85. The maximum absolute atomic E-state index is 12.7. The second-order valence-corrected chi connectivity index (χ2v) is 9.17. The lowest BCUT2D eigenvalue weighted by Gasteiger charge is -2.16. The zero-order valence-corrected chi connectivity index (χ0v) is 19.1. The van der Waals surface area contributed by atoms with Gasteiger partial charge >= 0.3 is 12.6 Å². The summed E-state index contributed by atoms with van der Waals surface area (Å²) < 4.78 is 66.3. The number of nitrogens with one attached hydrogen (secondary N) is 1. The van der Waals surface area contributed by atoms with Crippen molar-refractivity contribution >= 4 is 27.6 Å². The molecule has 1 heterocycles. The number of sulfonamides is 1. The van der Waals surface area contributed by atoms with Gasteiger partial charge < -0.3 is 19.5 Å². The molecule has 0 atom stereocenters. The molecule has 3 rings (SSSR count). The van der Waals surface area contributed by atoms with Crippen molar-refractivity contribution in [2.45, 2.75) is 31.3 Å². The molecule has 0 spiro atoms. The first kappa shape index (κ1) is 25.4. The van der Waals surface area contributed by atoms with E-state index in [-0.39, 0.29) is 34.3 Å². The summed E-state index contributed by atoms with van der Waals surface area (Å²) in [6.45, 7) is -1.03. The fourth-order valence-corrected chi connectivity index (χ4v) is 4.88. The number of alkyl halides is 2. The van der Waals surface area contributed by atoms with E-state index in [2.05, 4.69) is 10.1 Å². The normalized spacial score (nSPS) is 14.1. The highest BCUT2D eigenvalue weighted by atomic mass is 32.2. The molecule has 2 aromatic carbocycles. The average molecular weight is 499 g/mol. The highest BCUT2D eigenvalue weighted by molar-refractivity contribution is 7.89. The molecule has 12 heteroatoms. The molecule has 0 aliphatic carbocycles. The molecule has 184 valence electrons. The van der Waals surface area contributed by atoms with Gasteiger partial charge in [-0.25, -0.2) is 13.2 Å². The van der Waals surface area contributed by atoms with E-state index in [0.717, 1.165) is 18.9 Å². The first-order valence-corrected chi connectivity index (χ1v) is 11.9. The van der Waals surface area contributed by atoms with Crippen LogP contribution in [0.1, 0.15) is 30.1 Å². The summed E-state index contributed by atoms with van der Waals surface area (Å²) in [5.41, 5.74) is 0.199. The summed E-state index contributed by atoms with van der Waals surface area (Å²) in [4.78, 5) is 24.6. The molecule has 1 saturated heterocycles. The van der Waals surface area contributed by atoms with Crippen molar-refractivity contribution in [3.63, 3.8) is 0 Å². The number of carbonyl (C=O) groups is 2. The van der Waals surface area contributed by atoms with Crippen LogP contribution in [0.5, 0.6) is 11.5 Å². The van der Waals surface area contributed by atoms with Gasteiger partial charge in [0.1, 0.15) is 0 Å². The second-order valence-electron chi connectivity index (χ2n) is 7.24. The average Bonchev–Trinajstić information content (AvgIpc) is 3.35. The first-order chi connectivity index (χ1) is 16.2. The number of rotatable bonds is 10. The molecule has 1 aliphatic rings. The van der Waals surface area contributed by atoms with Crippen LogP contribution >= 0.6 is 0 Å². The lowest BCUT2D eigenvalue weighted by atomic mass is 10.2. The van der Waals surface area contributed by atoms with Crippen LogP contribution in [0.4, 0.5) is 14.5 Å². The summed E-state index contributed by atoms with van der Waals surface area (Å²) >= 11 is 0. The predicted molar refractivity (Wildman–Crippen MR) is 118 cm³/mol. The Bertz CT molecular complexity index is 1140. The van der Waals surface area contributed by atoms with Gasteiger partial charge in [0.05, 0.1) is 17.1 Å². The third kappa shape index (κ3) is 6.41. The van der Waals surface area contributed by atoms with Gasteiger partial charge in [-0.1, -0.05) is 6.07 Å². The molecule has 0 bridgehead atoms. The number of anilines is 1. The Labute approximate surface area is 195 Å². The summed E-state index contributed by atoms with van der Waals surface area (Å²) in [6, 6.07) is 9.31. The van der Waals surface area contributed by atoms with Gasteiger partial charge in [0.2, 0.25) is 10.0 Å². The number of halogens is 2. The van der Waals surface area contributed by atoms with E-state index < -0.39 is 35.1 Å². The van der Waals surface area contributed by atoms with Crippen LogP contribution in [0, 0.1) is 0 Å². The van der Waals surface area contributed by atoms with Crippen LogP contribution in [0.3, 0.4) is 0 Å². The maximum atomic E-state index is 12.7. The topological polar surface area (TPSA) is 111 Å². The van der Waals surface area contributed by atoms with E-state index in [1.807, 2.05) is 0 Å². The highest BCUT2D eigenvalue weighted by Gasteiger charge is 2.27. The van der Waals surface area contributed by atoms with Gasteiger partial charge in [-0.3, -0.25) is 4.79 Å². The molecular formula is C22H24F2N2O7S. The van der Waals surface area contributed by atoms with E-state index >= 15 is 0 Å². The highest BCUT2D eigenvalue weighted by Crippen LogP contribution is 2.30. The van der Waals surface area contributed by atoms with Crippen LogP contribution < -0.4 is 14.8 Å². The van der Waals surface area contributed by atoms with E-state index in [0.29, 0.717) is 13.1 Å². The lowest BCUT2D eigenvalue weighted by Crippen LogP contribution is -2.28. The van der Waals surface area contributed by atoms with Crippen molar-refractivity contribution in [3.8, 4) is 11.5 Å². The maximum Gasteiger partial charge on any atom is 0.387 e. The lowest BCUT2D eigenvalue weighted by molar-refractivity contribution is -0.119. The first-order valence-electron chi connectivity index (χ1n) is 10.5. The quantitative estimate of drug-likeness (QED) is 0.501. The minimum atomic E-state index is -3.65. The Balaban J connectivity index is 1.61. The van der Waals surface area contributed by atoms with Gasteiger partial charge in [-0.05, 0) is 56.2 Å². The number of carbonyl (C=O) groups excluding carboxylic acids is 2. The van der Waals surface area contributed by atoms with Crippen molar-refractivity contribution in [2.24, 2.45) is 0 Å². The van der Waals surface area contributed by atoms with Crippen molar-refractivity contribution in [1.29, 1.82) is 0 Å². The van der Waals surface area contributed by atoms with Gasteiger partial charge in [0.25, 0.3) is 5.91 Å². The van der Waals surface area contributed by atoms with Crippen LogP contribution in [-0.2, 0) is 19.6 Å². The number of benzene rings is 2. The van der Waals surface area contributed by atoms with Crippen molar-refractivity contribution in [1.82, 2.24) is 4.31 Å². The molecule has 1 fully saturated rings. The molecule has 0 radical (unpaired) electrons. The molecule has 1 aliphatic heterocycles. The Hall–Kier alpha value is -3.25. The van der Waals surface area contributed by atoms with Gasteiger partial charge in [-0.2, -0.15) is 13.1 Å². The Morgan fingerprint density at radius 3 is 2.50 bits per heavy atom. The minimum absolute atomic E-state index is 0.0310. The molecule has 0 unspecified atom stereocenters. The third-order valence-corrected chi connectivity index (χ3v) is 6.74. The summed E-state index contributed by atoms with van der Waals surface area (Å²) in [6.07, 6.45) is 1.60. The number of ether oxygens (including phenoxy) is 3. The van der Waals surface area contributed by atoms with E-state index in [1.165, 1.54) is 40.7 Å². The number of hydrogen-bond acceptors (Lipinski definition) is 7. The van der Waals surface area contributed by atoms with Crippen molar-refractivity contribution < 1.29 is 41.0 Å². The molecule has 1 amide bonds. The van der Waals surface area contributed by atoms with E-state index in [1.54, 1.807) is 6.92 Å². The minimum Gasteiger partial charge on any atom is -0.490 e. The number of amides is 1. The Morgan fingerprint density at radius 1 is 1.09 bits per heavy atom. The molecule has 0 saturated carbocycles. The van der Waals surface area contributed by atoms with Gasteiger partial charge in [-0.15, -0.1) is 0 Å². The zero-order valence-electron chi connectivity index (χ0n) is 18.3.